The van der Waals surface area contributed by atoms with Crippen LogP contribution in [0, 0.1) is 5.92 Å². The number of pyridine rings is 1. The van der Waals surface area contributed by atoms with E-state index >= 15 is 0 Å². The summed E-state index contributed by atoms with van der Waals surface area (Å²) in [5.41, 5.74) is 1.72. The number of carbonyl (C=O) groups excluding carboxylic acids is 2. The van der Waals surface area contributed by atoms with Crippen molar-refractivity contribution in [3.63, 3.8) is 0 Å². The van der Waals surface area contributed by atoms with Gasteiger partial charge in [0.05, 0.1) is 11.4 Å². The molecule has 2 aromatic rings. The molecule has 3 amide bonds. The molecule has 1 aliphatic carbocycles. The minimum Gasteiger partial charge on any atom is -0.342 e. The van der Waals surface area contributed by atoms with Gasteiger partial charge in [-0.2, -0.15) is 0 Å². The summed E-state index contributed by atoms with van der Waals surface area (Å²) in [6.07, 6.45) is 8.91. The van der Waals surface area contributed by atoms with Gasteiger partial charge in [0.2, 0.25) is 5.91 Å². The van der Waals surface area contributed by atoms with Gasteiger partial charge >= 0.3 is 6.03 Å². The molecule has 8 nitrogen and oxygen atoms in total. The first-order valence-electron chi connectivity index (χ1n) is 11.3. The Labute approximate surface area is 176 Å². The summed E-state index contributed by atoms with van der Waals surface area (Å²) >= 11 is 0. The minimum absolute atomic E-state index is 0.00871. The molecule has 8 heteroatoms. The summed E-state index contributed by atoms with van der Waals surface area (Å²) < 4.78 is 0. The van der Waals surface area contributed by atoms with Gasteiger partial charge in [-0.3, -0.25) is 4.79 Å². The molecule has 1 saturated carbocycles. The Morgan fingerprint density at radius 1 is 1.03 bits per heavy atom. The molecule has 30 heavy (non-hydrogen) atoms. The van der Waals surface area contributed by atoms with E-state index in [4.69, 9.17) is 0 Å². The maximum absolute atomic E-state index is 13.0. The molecule has 1 atom stereocenters. The van der Waals surface area contributed by atoms with Gasteiger partial charge in [0.1, 0.15) is 5.82 Å². The van der Waals surface area contributed by atoms with Gasteiger partial charge in [-0.15, -0.1) is 0 Å². The van der Waals surface area contributed by atoms with Gasteiger partial charge in [-0.1, -0.05) is 12.8 Å². The molecule has 2 N–H and O–H groups in total. The second kappa shape index (κ2) is 8.24. The molecule has 0 radical (unpaired) electrons. The summed E-state index contributed by atoms with van der Waals surface area (Å²) in [5, 5.41) is 3.14. The van der Waals surface area contributed by atoms with Crippen molar-refractivity contribution in [2.24, 2.45) is 5.92 Å². The summed E-state index contributed by atoms with van der Waals surface area (Å²) in [7, 11) is 0. The van der Waals surface area contributed by atoms with Crippen LogP contribution in [0.1, 0.15) is 56.7 Å². The Kier molecular flexibility index (Phi) is 5.31. The number of rotatable bonds is 3. The fourth-order valence-corrected chi connectivity index (χ4v) is 5.17. The fourth-order valence-electron chi connectivity index (χ4n) is 5.17. The van der Waals surface area contributed by atoms with Crippen molar-refractivity contribution in [1.29, 1.82) is 0 Å². The van der Waals surface area contributed by atoms with E-state index < -0.39 is 0 Å². The zero-order valence-corrected chi connectivity index (χ0v) is 17.3. The number of imidazole rings is 1. The normalized spacial score (nSPS) is 23.4. The topological polar surface area (TPSA) is 94.2 Å². The van der Waals surface area contributed by atoms with Gasteiger partial charge < -0.3 is 20.1 Å². The number of piperidine rings is 1. The Bertz CT molecular complexity index is 880. The number of fused-ring (bicyclic) bond motifs is 1. The fraction of sp³-hybridized carbons (Fsp3) is 0.636. The number of carbonyl (C=O) groups is 2. The van der Waals surface area contributed by atoms with Crippen LogP contribution in [0.4, 0.5) is 4.79 Å². The van der Waals surface area contributed by atoms with Crippen molar-refractivity contribution >= 4 is 23.1 Å². The Morgan fingerprint density at radius 3 is 2.57 bits per heavy atom. The molecule has 2 aromatic heterocycles. The highest BCUT2D eigenvalue weighted by Gasteiger charge is 2.36. The van der Waals surface area contributed by atoms with Crippen LogP contribution in [0.2, 0.25) is 0 Å². The zero-order chi connectivity index (χ0) is 20.5. The van der Waals surface area contributed by atoms with Gasteiger partial charge in [-0.05, 0) is 44.2 Å². The minimum atomic E-state index is -0.0636. The Hall–Kier alpha value is -2.64. The highest BCUT2D eigenvalue weighted by atomic mass is 16.2. The van der Waals surface area contributed by atoms with Gasteiger partial charge in [-0.25, -0.2) is 14.8 Å². The maximum Gasteiger partial charge on any atom is 0.317 e. The number of hydrogen-bond donors (Lipinski definition) is 2. The first kappa shape index (κ1) is 19.3. The molecule has 3 aliphatic rings. The molecule has 5 rings (SSSR count). The monoisotopic (exact) mass is 410 g/mol. The molecular formula is C22H30N6O2. The average molecular weight is 411 g/mol. The van der Waals surface area contributed by atoms with E-state index in [1.807, 2.05) is 21.9 Å². The predicted molar refractivity (Wildman–Crippen MR) is 113 cm³/mol. The molecule has 0 aromatic carbocycles. The second-order valence-electron chi connectivity index (χ2n) is 8.96. The van der Waals surface area contributed by atoms with Gasteiger partial charge in [0.15, 0.2) is 5.65 Å². The first-order valence-corrected chi connectivity index (χ1v) is 11.3. The first-order chi connectivity index (χ1) is 14.7. The SMILES string of the molecule is O=C(NC1CCCC1)N1CCC(C(=O)N2CCC(c3nc4ncccc4[nH]3)CC2)C1. The van der Waals surface area contributed by atoms with Gasteiger partial charge in [0.25, 0.3) is 0 Å². The van der Waals surface area contributed by atoms with Crippen molar-refractivity contribution < 1.29 is 9.59 Å². The van der Waals surface area contributed by atoms with Gasteiger partial charge in [0, 0.05) is 44.3 Å². The number of amides is 3. The number of urea groups is 1. The average Bonchev–Trinajstić information content (AvgIpc) is 3.53. The molecule has 3 fully saturated rings. The second-order valence-corrected chi connectivity index (χ2v) is 8.96. The van der Waals surface area contributed by atoms with Crippen molar-refractivity contribution in [1.82, 2.24) is 30.1 Å². The zero-order valence-electron chi connectivity index (χ0n) is 17.3. The number of likely N-dealkylation sites (tertiary alicyclic amines) is 2. The van der Waals surface area contributed by atoms with Crippen LogP contribution in [0.15, 0.2) is 18.3 Å². The van der Waals surface area contributed by atoms with Crippen LogP contribution in [0.5, 0.6) is 0 Å². The van der Waals surface area contributed by atoms with E-state index in [9.17, 15) is 9.59 Å². The lowest BCUT2D eigenvalue weighted by molar-refractivity contribution is -0.136. The third-order valence-electron chi connectivity index (χ3n) is 6.98. The highest BCUT2D eigenvalue weighted by molar-refractivity contribution is 5.82. The van der Waals surface area contributed by atoms with Crippen LogP contribution in [-0.2, 0) is 4.79 Å². The largest absolute Gasteiger partial charge is 0.342 e. The van der Waals surface area contributed by atoms with E-state index in [-0.39, 0.29) is 17.9 Å². The molecule has 0 bridgehead atoms. The highest BCUT2D eigenvalue weighted by Crippen LogP contribution is 2.29. The Balaban J connectivity index is 1.13. The maximum atomic E-state index is 13.0. The molecule has 2 aliphatic heterocycles. The van der Waals surface area contributed by atoms with Crippen LogP contribution in [-0.4, -0.2) is 68.9 Å². The lowest BCUT2D eigenvalue weighted by Gasteiger charge is -2.32. The number of aromatic nitrogens is 3. The molecular weight excluding hydrogens is 380 g/mol. The number of hydrogen-bond acceptors (Lipinski definition) is 4. The predicted octanol–water partition coefficient (Wildman–Crippen LogP) is 2.64. The molecule has 4 heterocycles. The summed E-state index contributed by atoms with van der Waals surface area (Å²) in [5.74, 6) is 1.45. The molecule has 2 saturated heterocycles. The lowest BCUT2D eigenvalue weighted by atomic mass is 9.95. The van der Waals surface area contributed by atoms with E-state index in [1.54, 1.807) is 6.20 Å². The number of H-pyrrole nitrogens is 1. The van der Waals surface area contributed by atoms with Crippen LogP contribution in [0.3, 0.4) is 0 Å². The van der Waals surface area contributed by atoms with E-state index in [2.05, 4.69) is 20.3 Å². The molecule has 1 unspecified atom stereocenters. The van der Waals surface area contributed by atoms with E-state index in [0.717, 1.165) is 62.2 Å². The van der Waals surface area contributed by atoms with Crippen LogP contribution < -0.4 is 5.32 Å². The smallest absolute Gasteiger partial charge is 0.317 e. The van der Waals surface area contributed by atoms with Crippen molar-refractivity contribution in [2.45, 2.75) is 56.9 Å². The van der Waals surface area contributed by atoms with E-state index in [1.165, 1.54) is 12.8 Å². The Morgan fingerprint density at radius 2 is 1.80 bits per heavy atom. The van der Waals surface area contributed by atoms with Crippen molar-refractivity contribution in [3.05, 3.63) is 24.2 Å². The molecule has 0 spiro atoms. The number of nitrogens with one attached hydrogen (secondary N) is 2. The van der Waals surface area contributed by atoms with Crippen LogP contribution in [0.25, 0.3) is 11.2 Å². The van der Waals surface area contributed by atoms with Crippen LogP contribution >= 0.6 is 0 Å². The quantitative estimate of drug-likeness (QED) is 0.813. The summed E-state index contributed by atoms with van der Waals surface area (Å²) in [4.78, 5) is 41.7. The summed E-state index contributed by atoms with van der Waals surface area (Å²) in [6, 6.07) is 4.23. The van der Waals surface area contributed by atoms with E-state index in [0.29, 0.717) is 25.0 Å². The lowest BCUT2D eigenvalue weighted by Crippen LogP contribution is -2.45. The summed E-state index contributed by atoms with van der Waals surface area (Å²) in [6.45, 7) is 2.72. The standard InChI is InChI=1S/C22H30N6O2/c29-21(16-9-13-28(14-16)22(30)24-17-4-1-2-5-17)27-11-7-15(8-12-27)19-25-18-6-3-10-23-20(18)26-19/h3,6,10,15-17H,1-2,4-5,7-9,11-14H2,(H,24,30)(H,23,25,26). The number of aromatic amines is 1. The number of nitrogens with zero attached hydrogens (tertiary/aromatic N) is 4. The third-order valence-corrected chi connectivity index (χ3v) is 6.98. The third kappa shape index (κ3) is 3.87. The van der Waals surface area contributed by atoms with Crippen molar-refractivity contribution in [2.75, 3.05) is 26.2 Å². The molecule has 160 valence electrons. The van der Waals surface area contributed by atoms with Crippen molar-refractivity contribution in [3.8, 4) is 0 Å².